The van der Waals surface area contributed by atoms with E-state index in [0.717, 1.165) is 63.9 Å². The first-order valence-corrected chi connectivity index (χ1v) is 9.47. The zero-order valence-corrected chi connectivity index (χ0v) is 16.7. The molecule has 4 rings (SSSR count). The lowest BCUT2D eigenvalue weighted by Crippen LogP contribution is -2.26. The Kier molecular flexibility index (Phi) is 4.52. The van der Waals surface area contributed by atoms with Gasteiger partial charge in [-0.15, -0.1) is 0 Å². The van der Waals surface area contributed by atoms with Crippen molar-refractivity contribution in [2.24, 2.45) is 0 Å². The molecule has 3 aromatic rings. The molecule has 0 amide bonds. The second-order valence-electron chi connectivity index (χ2n) is 6.90. The van der Waals surface area contributed by atoms with Gasteiger partial charge in [-0.1, -0.05) is 6.07 Å². The number of aryl methyl sites for hydroxylation is 2. The van der Waals surface area contributed by atoms with E-state index in [9.17, 15) is 0 Å². The van der Waals surface area contributed by atoms with Gasteiger partial charge in [-0.2, -0.15) is 9.61 Å². The van der Waals surface area contributed by atoms with Crippen LogP contribution in [0.4, 0.5) is 5.82 Å². The smallest absolute Gasteiger partial charge is 0.165 e. The molecule has 0 bridgehead atoms. The van der Waals surface area contributed by atoms with E-state index in [2.05, 4.69) is 44.7 Å². The van der Waals surface area contributed by atoms with Crippen molar-refractivity contribution in [1.82, 2.24) is 14.6 Å². The van der Waals surface area contributed by atoms with Gasteiger partial charge in [-0.3, -0.25) is 0 Å². The summed E-state index contributed by atoms with van der Waals surface area (Å²) in [6.07, 6.45) is 0. The first-order valence-electron chi connectivity index (χ1n) is 9.47. The van der Waals surface area contributed by atoms with E-state index in [1.165, 1.54) is 0 Å². The van der Waals surface area contributed by atoms with Gasteiger partial charge in [-0.25, -0.2) is 4.98 Å². The average Bonchev–Trinajstić information content (AvgIpc) is 3.26. The molecular weight excluding hydrogens is 340 g/mol. The van der Waals surface area contributed by atoms with Crippen molar-refractivity contribution in [1.29, 1.82) is 0 Å². The molecule has 6 heteroatoms. The van der Waals surface area contributed by atoms with Crippen molar-refractivity contribution < 1.29 is 9.47 Å². The lowest BCUT2D eigenvalue weighted by atomic mass is 10.0. The summed E-state index contributed by atoms with van der Waals surface area (Å²) >= 11 is 0. The number of anilines is 1. The predicted molar refractivity (Wildman–Crippen MR) is 107 cm³/mol. The molecule has 0 saturated heterocycles. The van der Waals surface area contributed by atoms with Crippen LogP contribution in [0.2, 0.25) is 0 Å². The molecule has 3 heterocycles. The van der Waals surface area contributed by atoms with Crippen molar-refractivity contribution in [2.45, 2.75) is 40.9 Å². The largest absolute Gasteiger partial charge is 0.497 e. The van der Waals surface area contributed by atoms with Crippen LogP contribution in [0.5, 0.6) is 5.75 Å². The fourth-order valence-electron chi connectivity index (χ4n) is 3.94. The van der Waals surface area contributed by atoms with E-state index < -0.39 is 0 Å². The molecule has 27 heavy (non-hydrogen) atoms. The second-order valence-corrected chi connectivity index (χ2v) is 6.90. The molecule has 1 aromatic carbocycles. The predicted octanol–water partition coefficient (Wildman–Crippen LogP) is 3.90. The number of hydrogen-bond acceptors (Lipinski definition) is 5. The van der Waals surface area contributed by atoms with E-state index in [4.69, 9.17) is 19.6 Å². The van der Waals surface area contributed by atoms with E-state index in [-0.39, 0.29) is 0 Å². The number of fused-ring (bicyclic) bond motifs is 2. The lowest BCUT2D eigenvalue weighted by Gasteiger charge is -2.24. The van der Waals surface area contributed by atoms with Gasteiger partial charge in [0.05, 0.1) is 31.7 Å². The Bertz CT molecular complexity index is 1010. The zero-order chi connectivity index (χ0) is 19.1. The number of ether oxygens (including phenoxy) is 2. The van der Waals surface area contributed by atoms with Crippen molar-refractivity contribution in [3.63, 3.8) is 0 Å². The number of hydrogen-bond donors (Lipinski definition) is 0. The molecule has 0 unspecified atom stereocenters. The maximum atomic E-state index is 5.72. The van der Waals surface area contributed by atoms with Crippen LogP contribution >= 0.6 is 0 Å². The van der Waals surface area contributed by atoms with Gasteiger partial charge < -0.3 is 14.4 Å². The average molecular weight is 366 g/mol. The summed E-state index contributed by atoms with van der Waals surface area (Å²) < 4.78 is 13.1. The maximum absolute atomic E-state index is 5.72. The SMILES string of the molecule is CCN(CC)c1c2c(nc3c(-c4ccc(OC)cc4C)c(C)nn13)COC2. The van der Waals surface area contributed by atoms with E-state index >= 15 is 0 Å². The summed E-state index contributed by atoms with van der Waals surface area (Å²) in [6.45, 7) is 11.5. The minimum Gasteiger partial charge on any atom is -0.497 e. The van der Waals surface area contributed by atoms with E-state index in [1.807, 2.05) is 10.6 Å². The molecule has 0 fully saturated rings. The number of rotatable bonds is 5. The number of benzene rings is 1. The highest BCUT2D eigenvalue weighted by molar-refractivity contribution is 5.83. The highest BCUT2D eigenvalue weighted by atomic mass is 16.5. The molecule has 6 nitrogen and oxygen atoms in total. The van der Waals surface area contributed by atoms with Crippen LogP contribution in [0.25, 0.3) is 16.8 Å². The molecule has 0 aliphatic carbocycles. The number of methoxy groups -OCH3 is 1. The normalized spacial score (nSPS) is 13.2. The molecular formula is C21H26N4O2. The Balaban J connectivity index is 2.02. The molecule has 0 saturated carbocycles. The highest BCUT2D eigenvalue weighted by Crippen LogP contribution is 2.37. The van der Waals surface area contributed by atoms with Crippen molar-refractivity contribution >= 4 is 11.5 Å². The van der Waals surface area contributed by atoms with Crippen molar-refractivity contribution in [3.05, 3.63) is 40.7 Å². The highest BCUT2D eigenvalue weighted by Gasteiger charge is 2.27. The van der Waals surface area contributed by atoms with Gasteiger partial charge in [0.15, 0.2) is 5.65 Å². The van der Waals surface area contributed by atoms with Crippen LogP contribution in [0.1, 0.15) is 36.4 Å². The molecule has 2 aromatic heterocycles. The number of aromatic nitrogens is 3. The Morgan fingerprint density at radius 2 is 1.96 bits per heavy atom. The van der Waals surface area contributed by atoms with Crippen LogP contribution in [0.3, 0.4) is 0 Å². The molecule has 142 valence electrons. The van der Waals surface area contributed by atoms with Crippen molar-refractivity contribution in [3.8, 4) is 16.9 Å². The van der Waals surface area contributed by atoms with Gasteiger partial charge in [0.1, 0.15) is 11.6 Å². The third kappa shape index (κ3) is 2.75. The topological polar surface area (TPSA) is 51.9 Å². The van der Waals surface area contributed by atoms with Crippen LogP contribution < -0.4 is 9.64 Å². The Hall–Kier alpha value is -2.60. The third-order valence-corrected chi connectivity index (χ3v) is 5.35. The molecule has 1 aliphatic rings. The third-order valence-electron chi connectivity index (χ3n) is 5.35. The van der Waals surface area contributed by atoms with E-state index in [1.54, 1.807) is 7.11 Å². The van der Waals surface area contributed by atoms with Crippen LogP contribution in [0.15, 0.2) is 18.2 Å². The fraction of sp³-hybridized carbons (Fsp3) is 0.429. The minimum absolute atomic E-state index is 0.561. The van der Waals surface area contributed by atoms with Crippen LogP contribution in [-0.2, 0) is 18.0 Å². The van der Waals surface area contributed by atoms with E-state index in [0.29, 0.717) is 13.2 Å². The first kappa shape index (κ1) is 17.8. The summed E-state index contributed by atoms with van der Waals surface area (Å²) in [5.74, 6) is 1.97. The summed E-state index contributed by atoms with van der Waals surface area (Å²) in [5.41, 5.74) is 7.43. The standard InChI is InChI=1S/C21H26N4O2/c1-6-24(7-2)21-17-11-27-12-18(17)22-20-19(14(4)23-25(20)21)16-9-8-15(26-5)10-13(16)3/h8-10H,6-7,11-12H2,1-5H3. The Morgan fingerprint density at radius 3 is 2.63 bits per heavy atom. The second kappa shape index (κ2) is 6.85. The Labute approximate surface area is 159 Å². The lowest BCUT2D eigenvalue weighted by molar-refractivity contribution is 0.133. The summed E-state index contributed by atoms with van der Waals surface area (Å²) in [6, 6.07) is 6.15. The van der Waals surface area contributed by atoms with Crippen LogP contribution in [-0.4, -0.2) is 34.8 Å². The molecule has 0 atom stereocenters. The quantitative estimate of drug-likeness (QED) is 0.685. The van der Waals surface area contributed by atoms with Crippen LogP contribution in [0, 0.1) is 13.8 Å². The minimum atomic E-state index is 0.561. The maximum Gasteiger partial charge on any atom is 0.165 e. The fourth-order valence-corrected chi connectivity index (χ4v) is 3.94. The monoisotopic (exact) mass is 366 g/mol. The molecule has 0 spiro atoms. The molecule has 0 N–H and O–H groups in total. The summed E-state index contributed by atoms with van der Waals surface area (Å²) in [5, 5.41) is 4.89. The summed E-state index contributed by atoms with van der Waals surface area (Å²) in [7, 11) is 1.69. The molecule has 1 aliphatic heterocycles. The first-order chi connectivity index (χ1) is 13.1. The summed E-state index contributed by atoms with van der Waals surface area (Å²) in [4.78, 5) is 7.30. The van der Waals surface area contributed by atoms with Gasteiger partial charge in [0.2, 0.25) is 0 Å². The van der Waals surface area contributed by atoms with Gasteiger partial charge in [0, 0.05) is 24.2 Å². The van der Waals surface area contributed by atoms with Crippen molar-refractivity contribution in [2.75, 3.05) is 25.1 Å². The van der Waals surface area contributed by atoms with Gasteiger partial charge in [0.25, 0.3) is 0 Å². The Morgan fingerprint density at radius 1 is 1.19 bits per heavy atom. The van der Waals surface area contributed by atoms with Gasteiger partial charge >= 0.3 is 0 Å². The number of nitrogens with zero attached hydrogens (tertiary/aromatic N) is 4. The molecule has 0 radical (unpaired) electrons. The zero-order valence-electron chi connectivity index (χ0n) is 16.7. The van der Waals surface area contributed by atoms with Gasteiger partial charge in [-0.05, 0) is 51.0 Å².